The van der Waals surface area contributed by atoms with E-state index in [0.717, 1.165) is 5.69 Å². The minimum absolute atomic E-state index is 0.0560. The Kier molecular flexibility index (Phi) is 3.73. The zero-order valence-electron chi connectivity index (χ0n) is 12.2. The summed E-state index contributed by atoms with van der Waals surface area (Å²) in [5, 5.41) is 19.1. The summed E-state index contributed by atoms with van der Waals surface area (Å²) in [7, 11) is 1.46. The fourth-order valence-corrected chi connectivity index (χ4v) is 2.49. The van der Waals surface area contributed by atoms with E-state index in [-0.39, 0.29) is 17.6 Å². The van der Waals surface area contributed by atoms with Gasteiger partial charge in [0, 0.05) is 29.9 Å². The van der Waals surface area contributed by atoms with Crippen LogP contribution in [0.15, 0.2) is 42.5 Å². The predicted molar refractivity (Wildman–Crippen MR) is 82.8 cm³/mol. The van der Waals surface area contributed by atoms with Crippen LogP contribution in [0.5, 0.6) is 11.5 Å². The smallest absolute Gasteiger partial charge is 0.193 e. The number of carbonyl (C=O) groups excluding carboxylic acids is 1. The third kappa shape index (κ3) is 2.63. The van der Waals surface area contributed by atoms with E-state index < -0.39 is 0 Å². The van der Waals surface area contributed by atoms with Crippen molar-refractivity contribution in [1.29, 1.82) is 0 Å². The van der Waals surface area contributed by atoms with E-state index in [1.807, 2.05) is 17.0 Å². The van der Waals surface area contributed by atoms with E-state index in [4.69, 9.17) is 4.74 Å². The number of hydrogen-bond acceptors (Lipinski definition) is 5. The molecule has 0 unspecified atom stereocenters. The number of aliphatic hydroxyl groups is 1. The van der Waals surface area contributed by atoms with E-state index in [1.54, 1.807) is 24.3 Å². The molecule has 0 bridgehead atoms. The Hall–Kier alpha value is -2.53. The number of hydrogen-bond donors (Lipinski definition) is 2. The lowest BCUT2D eigenvalue weighted by Crippen LogP contribution is -2.50. The second-order valence-electron chi connectivity index (χ2n) is 5.32. The summed E-state index contributed by atoms with van der Waals surface area (Å²) < 4.78 is 4.97. The number of benzene rings is 2. The van der Waals surface area contributed by atoms with Crippen molar-refractivity contribution in [3.05, 3.63) is 53.6 Å². The van der Waals surface area contributed by atoms with Crippen LogP contribution in [0.1, 0.15) is 15.9 Å². The molecule has 1 fully saturated rings. The highest BCUT2D eigenvalue weighted by Gasteiger charge is 2.24. The van der Waals surface area contributed by atoms with Gasteiger partial charge < -0.3 is 19.8 Å². The number of ether oxygens (including phenoxy) is 1. The summed E-state index contributed by atoms with van der Waals surface area (Å²) >= 11 is 0. The second kappa shape index (κ2) is 5.69. The van der Waals surface area contributed by atoms with Crippen LogP contribution in [0.25, 0.3) is 0 Å². The van der Waals surface area contributed by atoms with Crippen molar-refractivity contribution in [2.45, 2.75) is 6.10 Å². The number of ketones is 1. The molecule has 114 valence electrons. The first-order valence-electron chi connectivity index (χ1n) is 7.03. The number of carbonyl (C=O) groups is 1. The van der Waals surface area contributed by atoms with Gasteiger partial charge in [-0.2, -0.15) is 0 Å². The maximum Gasteiger partial charge on any atom is 0.193 e. The van der Waals surface area contributed by atoms with Crippen LogP contribution >= 0.6 is 0 Å². The Labute approximate surface area is 128 Å². The number of nitrogens with zero attached hydrogens (tertiary/aromatic N) is 1. The standard InChI is InChI=1S/C17H17NO4/c1-22-16-7-4-12(8-15(16)20)17(21)11-2-5-13(6-3-11)18-9-14(19)10-18/h2-8,14,19-20H,9-10H2,1H3. The molecule has 3 rings (SSSR count). The number of β-amino-alcohol motifs (C(OH)–C–C–N with tert-alkyl or cyclic N) is 1. The highest BCUT2D eigenvalue weighted by Crippen LogP contribution is 2.28. The average molecular weight is 299 g/mol. The third-order valence-electron chi connectivity index (χ3n) is 3.80. The minimum atomic E-state index is -0.261. The number of rotatable bonds is 4. The SMILES string of the molecule is COc1ccc(C(=O)c2ccc(N3CC(O)C3)cc2)cc1O. The Morgan fingerprint density at radius 3 is 2.32 bits per heavy atom. The quantitative estimate of drug-likeness (QED) is 0.843. The van der Waals surface area contributed by atoms with E-state index >= 15 is 0 Å². The molecule has 2 N–H and O–H groups in total. The van der Waals surface area contributed by atoms with Gasteiger partial charge in [-0.1, -0.05) is 0 Å². The number of aromatic hydroxyl groups is 1. The average Bonchev–Trinajstić information content (AvgIpc) is 2.51. The molecule has 1 saturated heterocycles. The lowest BCUT2D eigenvalue weighted by molar-refractivity contribution is 0.103. The van der Waals surface area contributed by atoms with Crippen molar-refractivity contribution in [3.63, 3.8) is 0 Å². The van der Waals surface area contributed by atoms with Crippen LogP contribution in [-0.4, -0.2) is 42.3 Å². The first-order chi connectivity index (χ1) is 10.6. The molecule has 22 heavy (non-hydrogen) atoms. The van der Waals surface area contributed by atoms with Gasteiger partial charge in [0.05, 0.1) is 13.2 Å². The van der Waals surface area contributed by atoms with E-state index in [0.29, 0.717) is 30.0 Å². The largest absolute Gasteiger partial charge is 0.504 e. The van der Waals surface area contributed by atoms with E-state index in [9.17, 15) is 15.0 Å². The summed E-state index contributed by atoms with van der Waals surface area (Å²) in [4.78, 5) is 14.4. The lowest BCUT2D eigenvalue weighted by atomic mass is 10.0. The normalized spacial score (nSPS) is 14.5. The Bertz CT molecular complexity index is 690. The molecule has 0 amide bonds. The molecular weight excluding hydrogens is 282 g/mol. The number of phenols is 1. The molecule has 1 aliphatic heterocycles. The van der Waals surface area contributed by atoms with Gasteiger partial charge in [-0.15, -0.1) is 0 Å². The lowest BCUT2D eigenvalue weighted by Gasteiger charge is -2.37. The second-order valence-corrected chi connectivity index (χ2v) is 5.32. The highest BCUT2D eigenvalue weighted by molar-refractivity contribution is 6.09. The molecule has 0 spiro atoms. The van der Waals surface area contributed by atoms with Gasteiger partial charge in [-0.05, 0) is 42.5 Å². The van der Waals surface area contributed by atoms with Crippen LogP contribution in [0.4, 0.5) is 5.69 Å². The molecule has 5 heteroatoms. The topological polar surface area (TPSA) is 70.0 Å². The zero-order chi connectivity index (χ0) is 15.7. The van der Waals surface area contributed by atoms with Crippen molar-refractivity contribution >= 4 is 11.5 Å². The van der Waals surface area contributed by atoms with E-state index in [1.165, 1.54) is 13.2 Å². The summed E-state index contributed by atoms with van der Waals surface area (Å²) in [6.07, 6.45) is -0.261. The molecule has 0 saturated carbocycles. The summed E-state index contributed by atoms with van der Waals surface area (Å²) in [6.45, 7) is 1.25. The fraction of sp³-hybridized carbons (Fsp3) is 0.235. The van der Waals surface area contributed by atoms with Crippen molar-refractivity contribution in [2.75, 3.05) is 25.1 Å². The molecule has 0 aromatic heterocycles. The first-order valence-corrected chi connectivity index (χ1v) is 7.03. The Morgan fingerprint density at radius 1 is 1.14 bits per heavy atom. The van der Waals surface area contributed by atoms with Crippen LogP contribution < -0.4 is 9.64 Å². The zero-order valence-corrected chi connectivity index (χ0v) is 12.2. The maximum absolute atomic E-state index is 12.4. The molecule has 0 aliphatic carbocycles. The number of phenolic OH excluding ortho intramolecular Hbond substituents is 1. The van der Waals surface area contributed by atoms with Crippen molar-refractivity contribution < 1.29 is 19.7 Å². The number of methoxy groups -OCH3 is 1. The van der Waals surface area contributed by atoms with Gasteiger partial charge >= 0.3 is 0 Å². The molecule has 0 radical (unpaired) electrons. The summed E-state index contributed by atoms with van der Waals surface area (Å²) in [5.74, 6) is 0.121. The minimum Gasteiger partial charge on any atom is -0.504 e. The molecular formula is C17H17NO4. The number of aliphatic hydroxyl groups excluding tert-OH is 1. The highest BCUT2D eigenvalue weighted by atomic mass is 16.5. The van der Waals surface area contributed by atoms with Gasteiger partial charge in [0.15, 0.2) is 17.3 Å². The molecule has 1 heterocycles. The Morgan fingerprint density at radius 2 is 1.77 bits per heavy atom. The summed E-state index contributed by atoms with van der Waals surface area (Å²) in [6, 6.07) is 11.8. The first kappa shape index (κ1) is 14.4. The van der Waals surface area contributed by atoms with Crippen LogP contribution in [0.3, 0.4) is 0 Å². The molecule has 0 atom stereocenters. The van der Waals surface area contributed by atoms with Crippen molar-refractivity contribution in [1.82, 2.24) is 0 Å². The fourth-order valence-electron chi connectivity index (χ4n) is 2.49. The molecule has 5 nitrogen and oxygen atoms in total. The van der Waals surface area contributed by atoms with Crippen molar-refractivity contribution in [2.24, 2.45) is 0 Å². The summed E-state index contributed by atoms with van der Waals surface area (Å²) in [5.41, 5.74) is 1.94. The van der Waals surface area contributed by atoms with Crippen LogP contribution in [0, 0.1) is 0 Å². The Balaban J connectivity index is 1.78. The number of anilines is 1. The van der Waals surface area contributed by atoms with Crippen LogP contribution in [-0.2, 0) is 0 Å². The van der Waals surface area contributed by atoms with Crippen LogP contribution in [0.2, 0.25) is 0 Å². The van der Waals surface area contributed by atoms with Crippen molar-refractivity contribution in [3.8, 4) is 11.5 Å². The maximum atomic E-state index is 12.4. The molecule has 2 aromatic rings. The molecule has 2 aromatic carbocycles. The molecule has 1 aliphatic rings. The predicted octanol–water partition coefficient (Wildman–Crippen LogP) is 1.81. The van der Waals surface area contributed by atoms with Gasteiger partial charge in [-0.25, -0.2) is 0 Å². The monoisotopic (exact) mass is 299 g/mol. The van der Waals surface area contributed by atoms with E-state index in [2.05, 4.69) is 0 Å². The van der Waals surface area contributed by atoms with Gasteiger partial charge in [0.25, 0.3) is 0 Å². The third-order valence-corrected chi connectivity index (χ3v) is 3.80. The van der Waals surface area contributed by atoms with Gasteiger partial charge in [-0.3, -0.25) is 4.79 Å². The van der Waals surface area contributed by atoms with Gasteiger partial charge in [0.2, 0.25) is 0 Å². The van der Waals surface area contributed by atoms with Gasteiger partial charge in [0.1, 0.15) is 0 Å².